The molecule has 4 aliphatic carbocycles. The standard InChI is InChI=1S/C29H27ClOS/c30-25-8-6-24(7-9-25)29-16-20-12-21(17-29)15-28(14-20,19-29)11-10-26(31)27-13-23(18-32-27)22-4-2-1-3-5-22/h1-11,13,18,20-21H,12,14-17,19H2. The summed E-state index contributed by atoms with van der Waals surface area (Å²) in [4.78, 5) is 13.9. The lowest BCUT2D eigenvalue weighted by atomic mass is 9.43. The van der Waals surface area contributed by atoms with Crippen molar-refractivity contribution in [3.63, 3.8) is 0 Å². The maximum Gasteiger partial charge on any atom is 0.195 e. The van der Waals surface area contributed by atoms with Crippen molar-refractivity contribution in [2.45, 2.75) is 43.9 Å². The minimum Gasteiger partial charge on any atom is -0.288 e. The van der Waals surface area contributed by atoms with Gasteiger partial charge in [-0.2, -0.15) is 0 Å². The van der Waals surface area contributed by atoms with Gasteiger partial charge in [-0.25, -0.2) is 0 Å². The maximum absolute atomic E-state index is 13.1. The van der Waals surface area contributed by atoms with Crippen LogP contribution in [-0.4, -0.2) is 5.78 Å². The van der Waals surface area contributed by atoms with Crippen LogP contribution in [0.4, 0.5) is 0 Å². The molecule has 162 valence electrons. The van der Waals surface area contributed by atoms with E-state index >= 15 is 0 Å². The predicted molar refractivity (Wildman–Crippen MR) is 133 cm³/mol. The lowest BCUT2D eigenvalue weighted by Crippen LogP contribution is -2.53. The van der Waals surface area contributed by atoms with Gasteiger partial charge < -0.3 is 0 Å². The SMILES string of the molecule is O=C(C=CC12CC3CC(C1)CC(c1ccc(Cl)cc1)(C3)C2)c1cc(-c2ccccc2)cs1. The van der Waals surface area contributed by atoms with Crippen LogP contribution >= 0.6 is 22.9 Å². The molecule has 4 saturated carbocycles. The van der Waals surface area contributed by atoms with Crippen molar-refractivity contribution in [2.24, 2.45) is 17.3 Å². The van der Waals surface area contributed by atoms with Crippen molar-refractivity contribution >= 4 is 28.7 Å². The summed E-state index contributed by atoms with van der Waals surface area (Å²) in [5.41, 5.74) is 4.16. The first-order valence-corrected chi connectivity index (χ1v) is 12.9. The molecule has 1 heterocycles. The summed E-state index contributed by atoms with van der Waals surface area (Å²) < 4.78 is 0. The Morgan fingerprint density at radius 3 is 2.38 bits per heavy atom. The Labute approximate surface area is 199 Å². The molecule has 0 amide bonds. The monoisotopic (exact) mass is 458 g/mol. The number of allylic oxidation sites excluding steroid dienone is 2. The second-order valence-corrected chi connectivity index (χ2v) is 11.7. The molecule has 4 fully saturated rings. The van der Waals surface area contributed by atoms with Crippen LogP contribution in [0.15, 0.2) is 78.2 Å². The number of halogens is 1. The number of thiophene rings is 1. The van der Waals surface area contributed by atoms with Crippen LogP contribution in [0.3, 0.4) is 0 Å². The van der Waals surface area contributed by atoms with Crippen molar-refractivity contribution < 1.29 is 4.79 Å². The van der Waals surface area contributed by atoms with E-state index in [1.54, 1.807) is 11.3 Å². The molecule has 0 N–H and O–H groups in total. The molecule has 4 bridgehead atoms. The summed E-state index contributed by atoms with van der Waals surface area (Å²) in [5, 5.41) is 2.90. The van der Waals surface area contributed by atoms with Crippen LogP contribution in [0.2, 0.25) is 5.02 Å². The van der Waals surface area contributed by atoms with Gasteiger partial charge in [-0.05, 0) is 108 Å². The van der Waals surface area contributed by atoms with Crippen molar-refractivity contribution in [3.05, 3.63) is 93.7 Å². The van der Waals surface area contributed by atoms with Gasteiger partial charge in [0.1, 0.15) is 0 Å². The number of carbonyl (C=O) groups excluding carboxylic acids is 1. The number of rotatable bonds is 5. The third-order valence-corrected chi connectivity index (χ3v) is 9.30. The van der Waals surface area contributed by atoms with Gasteiger partial charge in [0, 0.05) is 5.02 Å². The summed E-state index contributed by atoms with van der Waals surface area (Å²) in [5.74, 6) is 1.70. The Morgan fingerprint density at radius 1 is 0.938 bits per heavy atom. The summed E-state index contributed by atoms with van der Waals surface area (Å²) in [6.45, 7) is 0. The lowest BCUT2D eigenvalue weighted by molar-refractivity contribution is -0.0455. The molecule has 0 spiro atoms. The third kappa shape index (κ3) is 3.58. The van der Waals surface area contributed by atoms with Gasteiger partial charge in [0.05, 0.1) is 4.88 Å². The molecule has 4 aliphatic rings. The van der Waals surface area contributed by atoms with E-state index in [1.807, 2.05) is 42.5 Å². The summed E-state index contributed by atoms with van der Waals surface area (Å²) in [7, 11) is 0. The van der Waals surface area contributed by atoms with E-state index in [9.17, 15) is 4.79 Å². The summed E-state index contributed by atoms with van der Waals surface area (Å²) in [6.07, 6.45) is 11.8. The van der Waals surface area contributed by atoms with E-state index in [4.69, 9.17) is 11.6 Å². The molecular weight excluding hydrogens is 432 g/mol. The van der Waals surface area contributed by atoms with Gasteiger partial charge in [-0.3, -0.25) is 4.79 Å². The average molecular weight is 459 g/mol. The first-order chi connectivity index (χ1) is 15.5. The molecule has 0 saturated heterocycles. The Kier molecular flexibility index (Phi) is 4.93. The minimum absolute atomic E-state index is 0.147. The van der Waals surface area contributed by atoms with Gasteiger partial charge in [0.25, 0.3) is 0 Å². The van der Waals surface area contributed by atoms with Crippen LogP contribution in [0.25, 0.3) is 11.1 Å². The third-order valence-electron chi connectivity index (χ3n) is 8.10. The van der Waals surface area contributed by atoms with Crippen molar-refractivity contribution in [1.29, 1.82) is 0 Å². The van der Waals surface area contributed by atoms with Gasteiger partial charge in [-0.1, -0.05) is 60.1 Å². The number of ketones is 1. The molecule has 2 aromatic carbocycles. The van der Waals surface area contributed by atoms with Crippen LogP contribution in [-0.2, 0) is 5.41 Å². The summed E-state index contributed by atoms with van der Waals surface area (Å²) in [6, 6.07) is 20.9. The number of carbonyl (C=O) groups is 1. The molecule has 1 aromatic heterocycles. The summed E-state index contributed by atoms with van der Waals surface area (Å²) >= 11 is 7.74. The molecule has 0 aliphatic heterocycles. The van der Waals surface area contributed by atoms with Gasteiger partial charge in [-0.15, -0.1) is 11.3 Å². The van der Waals surface area contributed by atoms with E-state index in [2.05, 4.69) is 35.7 Å². The second-order valence-electron chi connectivity index (χ2n) is 10.4. The van der Waals surface area contributed by atoms with Crippen molar-refractivity contribution in [1.82, 2.24) is 0 Å². The smallest absolute Gasteiger partial charge is 0.195 e. The van der Waals surface area contributed by atoms with Crippen molar-refractivity contribution in [2.75, 3.05) is 0 Å². The molecule has 2 atom stereocenters. The van der Waals surface area contributed by atoms with E-state index in [0.29, 0.717) is 0 Å². The van der Waals surface area contributed by atoms with E-state index in [0.717, 1.165) is 39.3 Å². The largest absolute Gasteiger partial charge is 0.288 e. The zero-order valence-electron chi connectivity index (χ0n) is 18.1. The topological polar surface area (TPSA) is 17.1 Å². The lowest BCUT2D eigenvalue weighted by Gasteiger charge is -2.62. The Balaban J connectivity index is 1.26. The van der Waals surface area contributed by atoms with Crippen LogP contribution in [0, 0.1) is 17.3 Å². The number of benzene rings is 2. The maximum atomic E-state index is 13.1. The Hall–Kier alpha value is -2.16. The highest BCUT2D eigenvalue weighted by atomic mass is 35.5. The van der Waals surface area contributed by atoms with Crippen molar-refractivity contribution in [3.8, 4) is 11.1 Å². The molecule has 3 aromatic rings. The highest BCUT2D eigenvalue weighted by Gasteiger charge is 2.57. The van der Waals surface area contributed by atoms with Crippen LogP contribution < -0.4 is 0 Å². The van der Waals surface area contributed by atoms with Crippen LogP contribution in [0.5, 0.6) is 0 Å². The predicted octanol–water partition coefficient (Wildman–Crippen LogP) is 8.35. The van der Waals surface area contributed by atoms with Gasteiger partial charge >= 0.3 is 0 Å². The normalized spacial score (nSPS) is 30.8. The molecule has 32 heavy (non-hydrogen) atoms. The highest BCUT2D eigenvalue weighted by Crippen LogP contribution is 2.66. The fraction of sp³-hybridized carbons (Fsp3) is 0.345. The Bertz CT molecular complexity index is 1160. The molecule has 2 unspecified atom stereocenters. The van der Waals surface area contributed by atoms with Gasteiger partial charge in [0.15, 0.2) is 5.78 Å². The highest BCUT2D eigenvalue weighted by molar-refractivity contribution is 7.12. The van der Waals surface area contributed by atoms with E-state index in [-0.39, 0.29) is 16.6 Å². The molecule has 7 rings (SSSR count). The van der Waals surface area contributed by atoms with Gasteiger partial charge in [0.2, 0.25) is 0 Å². The fourth-order valence-corrected chi connectivity index (χ4v) is 8.21. The fourth-order valence-electron chi connectivity index (χ4n) is 7.25. The number of hydrogen-bond acceptors (Lipinski definition) is 2. The van der Waals surface area contributed by atoms with E-state index < -0.39 is 0 Å². The first-order valence-electron chi connectivity index (χ1n) is 11.7. The zero-order chi connectivity index (χ0) is 21.8. The quantitative estimate of drug-likeness (QED) is 0.277. The molecule has 1 nitrogen and oxygen atoms in total. The minimum atomic E-state index is 0.147. The molecule has 0 radical (unpaired) electrons. The molecule has 3 heteroatoms. The first kappa shape index (κ1) is 20.4. The zero-order valence-corrected chi connectivity index (χ0v) is 19.7. The average Bonchev–Trinajstić information content (AvgIpc) is 3.28. The van der Waals surface area contributed by atoms with Crippen LogP contribution in [0.1, 0.15) is 53.8 Å². The number of hydrogen-bond donors (Lipinski definition) is 0. The Morgan fingerprint density at radius 2 is 1.66 bits per heavy atom. The van der Waals surface area contributed by atoms with E-state index in [1.165, 1.54) is 37.7 Å². The second kappa shape index (κ2) is 7.71. The molecular formula is C29H27ClOS.